The Labute approximate surface area is 137 Å². The van der Waals surface area contributed by atoms with Gasteiger partial charge < -0.3 is 19.1 Å². The molecule has 5 heteroatoms. The molecule has 23 heavy (non-hydrogen) atoms. The van der Waals surface area contributed by atoms with Crippen molar-refractivity contribution in [3.05, 3.63) is 23.8 Å². The Kier molecular flexibility index (Phi) is 4.48. The molecular weight excluding hydrogens is 294 g/mol. The molecule has 0 amide bonds. The highest BCUT2D eigenvalue weighted by Crippen LogP contribution is 2.50. The molecule has 126 valence electrons. The van der Waals surface area contributed by atoms with Gasteiger partial charge in [0.05, 0.1) is 14.2 Å². The van der Waals surface area contributed by atoms with Crippen molar-refractivity contribution in [2.24, 2.45) is 0 Å². The number of carbonyl (C=O) groups excluding carboxylic acids is 1. The Morgan fingerprint density at radius 3 is 2.70 bits per heavy atom. The number of likely N-dealkylation sites (N-methyl/N-ethyl adjacent to an activating group) is 1. The van der Waals surface area contributed by atoms with E-state index in [0.29, 0.717) is 12.5 Å². The van der Waals surface area contributed by atoms with Gasteiger partial charge in [0.25, 0.3) is 6.47 Å². The Balaban J connectivity index is 1.95. The van der Waals surface area contributed by atoms with E-state index < -0.39 is 0 Å². The molecule has 0 aromatic heterocycles. The van der Waals surface area contributed by atoms with Crippen LogP contribution in [0.3, 0.4) is 0 Å². The summed E-state index contributed by atoms with van der Waals surface area (Å²) in [5.41, 5.74) is 1.41. The standard InChI is InChI=1S/C18H25NO4/c1-19-9-8-18(7-6-14(23-12-20)11-17(18)19)13-4-5-15(21-2)16(10-13)22-3/h4-5,10,12,14,17H,6-9,11H2,1-3H3/t14-,17+,18+/m1/s1. The number of benzene rings is 1. The predicted octanol–water partition coefficient (Wildman–Crippen LogP) is 2.37. The first-order valence-corrected chi connectivity index (χ1v) is 8.16. The molecule has 0 radical (unpaired) electrons. The van der Waals surface area contributed by atoms with Gasteiger partial charge >= 0.3 is 0 Å². The number of carbonyl (C=O) groups is 1. The fourth-order valence-corrected chi connectivity index (χ4v) is 4.43. The van der Waals surface area contributed by atoms with Crippen LogP contribution in [0, 0.1) is 0 Å². The summed E-state index contributed by atoms with van der Waals surface area (Å²) >= 11 is 0. The van der Waals surface area contributed by atoms with Crippen LogP contribution in [0.1, 0.15) is 31.2 Å². The predicted molar refractivity (Wildman–Crippen MR) is 87.0 cm³/mol. The van der Waals surface area contributed by atoms with Crippen LogP contribution in [0.25, 0.3) is 0 Å². The van der Waals surface area contributed by atoms with Crippen LogP contribution < -0.4 is 9.47 Å². The number of ether oxygens (including phenoxy) is 3. The molecule has 1 aliphatic carbocycles. The van der Waals surface area contributed by atoms with Gasteiger partial charge in [-0.2, -0.15) is 0 Å². The van der Waals surface area contributed by atoms with Crippen molar-refractivity contribution < 1.29 is 19.0 Å². The van der Waals surface area contributed by atoms with E-state index in [4.69, 9.17) is 14.2 Å². The van der Waals surface area contributed by atoms with E-state index in [-0.39, 0.29) is 11.5 Å². The second kappa shape index (κ2) is 6.40. The average Bonchev–Trinajstić information content (AvgIpc) is 2.92. The van der Waals surface area contributed by atoms with Crippen LogP contribution >= 0.6 is 0 Å². The maximum atomic E-state index is 10.7. The number of hydrogen-bond acceptors (Lipinski definition) is 5. The van der Waals surface area contributed by atoms with Crippen molar-refractivity contribution in [1.82, 2.24) is 4.90 Å². The fourth-order valence-electron chi connectivity index (χ4n) is 4.43. The molecule has 1 saturated heterocycles. The van der Waals surface area contributed by atoms with Gasteiger partial charge in [0.1, 0.15) is 6.10 Å². The summed E-state index contributed by atoms with van der Waals surface area (Å²) in [6, 6.07) is 6.66. The maximum absolute atomic E-state index is 10.7. The van der Waals surface area contributed by atoms with E-state index in [1.165, 1.54) is 5.56 Å². The lowest BCUT2D eigenvalue weighted by Gasteiger charge is -2.44. The lowest BCUT2D eigenvalue weighted by atomic mass is 9.65. The molecule has 1 aliphatic heterocycles. The van der Waals surface area contributed by atoms with Crippen molar-refractivity contribution in [3.63, 3.8) is 0 Å². The Morgan fingerprint density at radius 2 is 2.00 bits per heavy atom. The van der Waals surface area contributed by atoms with Gasteiger partial charge in [0, 0.05) is 17.9 Å². The van der Waals surface area contributed by atoms with E-state index in [1.54, 1.807) is 14.2 Å². The van der Waals surface area contributed by atoms with E-state index in [9.17, 15) is 4.79 Å². The van der Waals surface area contributed by atoms with Gasteiger partial charge in [0.15, 0.2) is 11.5 Å². The van der Waals surface area contributed by atoms with E-state index in [0.717, 1.165) is 43.7 Å². The molecular formula is C18H25NO4. The third kappa shape index (κ3) is 2.67. The molecule has 1 saturated carbocycles. The summed E-state index contributed by atoms with van der Waals surface area (Å²) in [4.78, 5) is 13.1. The second-order valence-corrected chi connectivity index (χ2v) is 6.60. The minimum absolute atomic E-state index is 0.0336. The van der Waals surface area contributed by atoms with Gasteiger partial charge in [-0.05, 0) is 50.6 Å². The summed E-state index contributed by atoms with van der Waals surface area (Å²) in [7, 11) is 5.49. The first-order valence-electron chi connectivity index (χ1n) is 8.16. The van der Waals surface area contributed by atoms with Crippen LogP contribution in [-0.4, -0.2) is 51.3 Å². The van der Waals surface area contributed by atoms with Crippen LogP contribution in [0.15, 0.2) is 18.2 Å². The van der Waals surface area contributed by atoms with Gasteiger partial charge in [-0.1, -0.05) is 6.07 Å². The normalized spacial score (nSPS) is 30.6. The van der Waals surface area contributed by atoms with Gasteiger partial charge in [0.2, 0.25) is 0 Å². The zero-order valence-corrected chi connectivity index (χ0v) is 14.1. The number of fused-ring (bicyclic) bond motifs is 1. The molecule has 0 unspecified atom stereocenters. The quantitative estimate of drug-likeness (QED) is 0.780. The SMILES string of the molecule is COc1ccc([C@@]23CC[C@@H](OC=O)C[C@@H]2N(C)CC3)cc1OC. The van der Waals surface area contributed by atoms with Gasteiger partial charge in [-0.25, -0.2) is 0 Å². The number of likely N-dealkylation sites (tertiary alicyclic amines) is 1. The van der Waals surface area contributed by atoms with Crippen molar-refractivity contribution in [3.8, 4) is 11.5 Å². The topological polar surface area (TPSA) is 48.0 Å². The molecule has 1 aromatic carbocycles. The minimum Gasteiger partial charge on any atom is -0.493 e. The summed E-state index contributed by atoms with van der Waals surface area (Å²) < 4.78 is 16.1. The summed E-state index contributed by atoms with van der Waals surface area (Å²) in [6.45, 7) is 1.65. The molecule has 0 spiro atoms. The third-order valence-corrected chi connectivity index (χ3v) is 5.69. The average molecular weight is 319 g/mol. The fraction of sp³-hybridized carbons (Fsp3) is 0.611. The molecule has 3 atom stereocenters. The van der Waals surface area contributed by atoms with Gasteiger partial charge in [-0.3, -0.25) is 4.79 Å². The Bertz CT molecular complexity index is 576. The second-order valence-electron chi connectivity index (χ2n) is 6.60. The van der Waals surface area contributed by atoms with Crippen LogP contribution in [0.2, 0.25) is 0 Å². The zero-order chi connectivity index (χ0) is 16.4. The zero-order valence-electron chi connectivity index (χ0n) is 14.1. The van der Waals surface area contributed by atoms with E-state index >= 15 is 0 Å². The molecule has 1 heterocycles. The van der Waals surface area contributed by atoms with Crippen LogP contribution in [0.5, 0.6) is 11.5 Å². The summed E-state index contributed by atoms with van der Waals surface area (Å²) in [5.74, 6) is 1.53. The Morgan fingerprint density at radius 1 is 1.22 bits per heavy atom. The molecule has 1 aromatic rings. The lowest BCUT2D eigenvalue weighted by molar-refractivity contribution is -0.136. The maximum Gasteiger partial charge on any atom is 0.293 e. The molecule has 5 nitrogen and oxygen atoms in total. The number of rotatable bonds is 5. The molecule has 3 rings (SSSR count). The first kappa shape index (κ1) is 16.1. The van der Waals surface area contributed by atoms with Crippen molar-refractivity contribution in [2.45, 2.75) is 43.2 Å². The van der Waals surface area contributed by atoms with Crippen LogP contribution in [0.4, 0.5) is 0 Å². The molecule has 0 bridgehead atoms. The van der Waals surface area contributed by atoms with Crippen LogP contribution in [-0.2, 0) is 14.9 Å². The third-order valence-electron chi connectivity index (χ3n) is 5.69. The highest BCUT2D eigenvalue weighted by molar-refractivity contribution is 5.46. The molecule has 0 N–H and O–H groups in total. The van der Waals surface area contributed by atoms with Crippen molar-refractivity contribution >= 4 is 6.47 Å². The summed E-state index contributed by atoms with van der Waals surface area (Å²) in [6.07, 6.45) is 3.99. The molecule has 2 aliphatic rings. The Hall–Kier alpha value is -1.75. The first-order chi connectivity index (χ1) is 11.1. The van der Waals surface area contributed by atoms with Gasteiger partial charge in [-0.15, -0.1) is 0 Å². The number of methoxy groups -OCH3 is 2. The van der Waals surface area contributed by atoms with E-state index in [1.807, 2.05) is 6.07 Å². The highest BCUT2D eigenvalue weighted by Gasteiger charge is 2.51. The summed E-state index contributed by atoms with van der Waals surface area (Å²) in [5, 5.41) is 0. The number of nitrogens with zero attached hydrogens (tertiary/aromatic N) is 1. The van der Waals surface area contributed by atoms with E-state index in [2.05, 4.69) is 24.1 Å². The molecule has 2 fully saturated rings. The van der Waals surface area contributed by atoms with Crippen molar-refractivity contribution in [2.75, 3.05) is 27.8 Å². The largest absolute Gasteiger partial charge is 0.493 e. The van der Waals surface area contributed by atoms with Crippen molar-refractivity contribution in [1.29, 1.82) is 0 Å². The lowest BCUT2D eigenvalue weighted by Crippen LogP contribution is -2.47. The monoisotopic (exact) mass is 319 g/mol. The smallest absolute Gasteiger partial charge is 0.293 e. The minimum atomic E-state index is 0.0336. The number of hydrogen-bond donors (Lipinski definition) is 0. The highest BCUT2D eigenvalue weighted by atomic mass is 16.5.